The summed E-state index contributed by atoms with van der Waals surface area (Å²) in [4.78, 5) is 0.0613. The SMILES string of the molecule is Cc1cc(Br)c(C(Br)c2cccc(C)c2Cl)cc1Br. The van der Waals surface area contributed by atoms with E-state index in [9.17, 15) is 0 Å². The maximum Gasteiger partial charge on any atom is 0.0670 e. The van der Waals surface area contributed by atoms with Crippen LogP contribution in [0.3, 0.4) is 0 Å². The molecule has 0 bridgehead atoms. The van der Waals surface area contributed by atoms with Crippen LogP contribution in [0.15, 0.2) is 39.3 Å². The van der Waals surface area contributed by atoms with Gasteiger partial charge in [-0.1, -0.05) is 77.6 Å². The van der Waals surface area contributed by atoms with Crippen molar-refractivity contribution in [1.29, 1.82) is 0 Å². The third-order valence-electron chi connectivity index (χ3n) is 3.05. The van der Waals surface area contributed by atoms with Gasteiger partial charge in [-0.3, -0.25) is 0 Å². The average Bonchev–Trinajstić information content (AvgIpc) is 2.36. The number of rotatable bonds is 2. The minimum Gasteiger partial charge on any atom is -0.0837 e. The Morgan fingerprint density at radius 1 is 0.947 bits per heavy atom. The van der Waals surface area contributed by atoms with Crippen LogP contribution in [0.25, 0.3) is 0 Å². The van der Waals surface area contributed by atoms with Gasteiger partial charge in [0.05, 0.1) is 4.83 Å². The highest BCUT2D eigenvalue weighted by atomic mass is 79.9. The quantitative estimate of drug-likeness (QED) is 0.419. The van der Waals surface area contributed by atoms with E-state index in [0.29, 0.717) is 0 Å². The van der Waals surface area contributed by atoms with Gasteiger partial charge in [0, 0.05) is 14.0 Å². The summed E-state index contributed by atoms with van der Waals surface area (Å²) in [6, 6.07) is 10.3. The van der Waals surface area contributed by atoms with E-state index in [1.54, 1.807) is 0 Å². The summed E-state index contributed by atoms with van der Waals surface area (Å²) >= 11 is 17.4. The number of hydrogen-bond acceptors (Lipinski definition) is 0. The molecule has 0 aromatic heterocycles. The summed E-state index contributed by atoms with van der Waals surface area (Å²) in [5.74, 6) is 0. The molecule has 2 aromatic carbocycles. The molecule has 0 spiro atoms. The van der Waals surface area contributed by atoms with E-state index in [1.165, 1.54) is 5.56 Å². The molecule has 0 heterocycles. The van der Waals surface area contributed by atoms with Gasteiger partial charge in [0.25, 0.3) is 0 Å². The third-order valence-corrected chi connectivity index (χ3v) is 6.09. The zero-order valence-electron chi connectivity index (χ0n) is 10.5. The van der Waals surface area contributed by atoms with Crippen LogP contribution in [0.2, 0.25) is 5.02 Å². The fraction of sp³-hybridized carbons (Fsp3) is 0.200. The molecule has 0 saturated carbocycles. The zero-order chi connectivity index (χ0) is 14.2. The van der Waals surface area contributed by atoms with Crippen LogP contribution >= 0.6 is 59.4 Å². The molecule has 0 amide bonds. The Morgan fingerprint density at radius 3 is 2.32 bits per heavy atom. The number of benzene rings is 2. The average molecular weight is 467 g/mol. The Balaban J connectivity index is 2.53. The second-order valence-electron chi connectivity index (χ2n) is 4.46. The number of aryl methyl sites for hydroxylation is 2. The monoisotopic (exact) mass is 464 g/mol. The molecule has 1 atom stereocenters. The Hall–Kier alpha value is 0.170. The molecule has 4 heteroatoms. The molecule has 0 N–H and O–H groups in total. The van der Waals surface area contributed by atoms with Crippen molar-refractivity contribution in [3.8, 4) is 0 Å². The lowest BCUT2D eigenvalue weighted by Crippen LogP contribution is -1.97. The molecular weight excluding hydrogens is 455 g/mol. The third kappa shape index (κ3) is 3.26. The van der Waals surface area contributed by atoms with Crippen molar-refractivity contribution in [2.75, 3.05) is 0 Å². The van der Waals surface area contributed by atoms with Crippen molar-refractivity contribution in [2.45, 2.75) is 18.7 Å². The van der Waals surface area contributed by atoms with Gasteiger partial charge >= 0.3 is 0 Å². The Bertz CT molecular complexity index is 623. The van der Waals surface area contributed by atoms with Crippen LogP contribution in [0, 0.1) is 13.8 Å². The fourth-order valence-corrected chi connectivity index (χ4v) is 4.37. The molecule has 0 nitrogen and oxygen atoms in total. The van der Waals surface area contributed by atoms with Gasteiger partial charge in [-0.15, -0.1) is 0 Å². The van der Waals surface area contributed by atoms with Gasteiger partial charge in [0.2, 0.25) is 0 Å². The van der Waals surface area contributed by atoms with Gasteiger partial charge in [-0.25, -0.2) is 0 Å². The lowest BCUT2D eigenvalue weighted by Gasteiger charge is -2.16. The first-order valence-electron chi connectivity index (χ1n) is 5.76. The van der Waals surface area contributed by atoms with Crippen molar-refractivity contribution in [1.82, 2.24) is 0 Å². The summed E-state index contributed by atoms with van der Waals surface area (Å²) in [6.45, 7) is 4.09. The second-order valence-corrected chi connectivity index (χ2v) is 7.47. The van der Waals surface area contributed by atoms with Crippen molar-refractivity contribution >= 4 is 59.4 Å². The second kappa shape index (κ2) is 6.30. The predicted molar refractivity (Wildman–Crippen MR) is 93.5 cm³/mol. The van der Waals surface area contributed by atoms with E-state index in [4.69, 9.17) is 11.6 Å². The molecule has 0 aliphatic carbocycles. The zero-order valence-corrected chi connectivity index (χ0v) is 16.0. The molecule has 19 heavy (non-hydrogen) atoms. The molecule has 0 fully saturated rings. The molecule has 0 aliphatic rings. The number of alkyl halides is 1. The number of hydrogen-bond donors (Lipinski definition) is 0. The van der Waals surface area contributed by atoms with Crippen LogP contribution in [0.5, 0.6) is 0 Å². The molecule has 0 saturated heterocycles. The van der Waals surface area contributed by atoms with E-state index in [2.05, 4.69) is 72.9 Å². The summed E-state index contributed by atoms with van der Waals surface area (Å²) in [5, 5.41) is 0.813. The van der Waals surface area contributed by atoms with Gasteiger partial charge in [0.1, 0.15) is 0 Å². The van der Waals surface area contributed by atoms with E-state index in [-0.39, 0.29) is 4.83 Å². The maximum absolute atomic E-state index is 6.40. The normalized spacial score (nSPS) is 12.5. The largest absolute Gasteiger partial charge is 0.0837 e. The maximum atomic E-state index is 6.40. The van der Waals surface area contributed by atoms with Crippen LogP contribution in [-0.4, -0.2) is 0 Å². The van der Waals surface area contributed by atoms with Crippen LogP contribution in [-0.2, 0) is 0 Å². The van der Waals surface area contributed by atoms with Crippen molar-refractivity contribution in [3.63, 3.8) is 0 Å². The van der Waals surface area contributed by atoms with Gasteiger partial charge < -0.3 is 0 Å². The Kier molecular flexibility index (Phi) is 5.15. The standard InChI is InChI=1S/C15H12Br3Cl/c1-8-4-3-5-10(15(8)19)14(18)11-7-12(16)9(2)6-13(11)17/h3-7,14H,1-2H3. The Labute approximate surface area is 143 Å². The first-order chi connectivity index (χ1) is 8.91. The van der Waals surface area contributed by atoms with Crippen molar-refractivity contribution in [3.05, 3.63) is 66.6 Å². The van der Waals surface area contributed by atoms with E-state index < -0.39 is 0 Å². The van der Waals surface area contributed by atoms with Gasteiger partial charge in [-0.2, -0.15) is 0 Å². The van der Waals surface area contributed by atoms with E-state index in [1.807, 2.05) is 19.1 Å². The van der Waals surface area contributed by atoms with E-state index in [0.717, 1.165) is 30.7 Å². The summed E-state index contributed by atoms with van der Waals surface area (Å²) in [6.07, 6.45) is 0. The van der Waals surface area contributed by atoms with Crippen molar-refractivity contribution in [2.24, 2.45) is 0 Å². The molecule has 1 unspecified atom stereocenters. The van der Waals surface area contributed by atoms with E-state index >= 15 is 0 Å². The lowest BCUT2D eigenvalue weighted by atomic mass is 10.0. The predicted octanol–water partition coefficient (Wildman–Crippen LogP) is 6.97. The van der Waals surface area contributed by atoms with Crippen LogP contribution in [0.4, 0.5) is 0 Å². The minimum absolute atomic E-state index is 0.0613. The van der Waals surface area contributed by atoms with Crippen LogP contribution in [0.1, 0.15) is 27.1 Å². The topological polar surface area (TPSA) is 0 Å². The van der Waals surface area contributed by atoms with Crippen LogP contribution < -0.4 is 0 Å². The summed E-state index contributed by atoms with van der Waals surface area (Å²) < 4.78 is 2.17. The summed E-state index contributed by atoms with van der Waals surface area (Å²) in [5.41, 5.74) is 4.53. The lowest BCUT2D eigenvalue weighted by molar-refractivity contribution is 1.14. The number of halogens is 4. The van der Waals surface area contributed by atoms with Gasteiger partial charge in [-0.05, 0) is 48.2 Å². The highest BCUT2D eigenvalue weighted by molar-refractivity contribution is 9.11. The molecular formula is C15H12Br3Cl. The minimum atomic E-state index is 0.0613. The molecule has 0 aliphatic heterocycles. The molecule has 100 valence electrons. The van der Waals surface area contributed by atoms with Crippen molar-refractivity contribution < 1.29 is 0 Å². The first kappa shape index (κ1) is 15.6. The first-order valence-corrected chi connectivity index (χ1v) is 8.64. The fourth-order valence-electron chi connectivity index (χ4n) is 1.89. The molecule has 2 aromatic rings. The highest BCUT2D eigenvalue weighted by Crippen LogP contribution is 2.41. The smallest absolute Gasteiger partial charge is 0.0670 e. The highest BCUT2D eigenvalue weighted by Gasteiger charge is 2.18. The summed E-state index contributed by atoms with van der Waals surface area (Å²) in [7, 11) is 0. The molecule has 0 radical (unpaired) electrons. The molecule has 2 rings (SSSR count). The Morgan fingerprint density at radius 2 is 1.63 bits per heavy atom. The van der Waals surface area contributed by atoms with Gasteiger partial charge in [0.15, 0.2) is 0 Å².